The summed E-state index contributed by atoms with van der Waals surface area (Å²) >= 11 is 0. The van der Waals surface area contributed by atoms with Crippen LogP contribution in [-0.2, 0) is 11.2 Å². The van der Waals surface area contributed by atoms with Crippen molar-refractivity contribution in [1.82, 2.24) is 0 Å². The van der Waals surface area contributed by atoms with E-state index in [2.05, 4.69) is 23.5 Å². The molecule has 3 fully saturated rings. The molecule has 5 nitrogen and oxygen atoms in total. The van der Waals surface area contributed by atoms with Gasteiger partial charge in [-0.3, -0.25) is 5.32 Å². The molecule has 1 amide bonds. The second-order valence-corrected chi connectivity index (χ2v) is 8.01. The summed E-state index contributed by atoms with van der Waals surface area (Å²) in [4.78, 5) is 12.6. The van der Waals surface area contributed by atoms with Gasteiger partial charge in [-0.2, -0.15) is 5.26 Å². The highest BCUT2D eigenvalue weighted by Gasteiger charge is 2.47. The van der Waals surface area contributed by atoms with Crippen LogP contribution in [0.3, 0.4) is 0 Å². The number of nitriles is 1. The van der Waals surface area contributed by atoms with Crippen molar-refractivity contribution in [1.29, 1.82) is 5.26 Å². The van der Waals surface area contributed by atoms with E-state index in [0.717, 1.165) is 54.6 Å². The molecule has 5 rings (SSSR count). The summed E-state index contributed by atoms with van der Waals surface area (Å²) in [6.07, 6.45) is 2.33. The number of nitrogens with zero attached hydrogens (tertiary/aromatic N) is 2. The number of para-hydroxylation sites is 1. The second-order valence-electron chi connectivity index (χ2n) is 8.01. The first-order chi connectivity index (χ1) is 13.7. The van der Waals surface area contributed by atoms with Crippen LogP contribution in [0.1, 0.15) is 24.0 Å². The van der Waals surface area contributed by atoms with Crippen molar-refractivity contribution in [2.75, 3.05) is 31.5 Å². The number of nitrogens with one attached hydrogen (secondary N) is 1. The zero-order valence-electron chi connectivity index (χ0n) is 16.0. The van der Waals surface area contributed by atoms with Crippen LogP contribution in [0.4, 0.5) is 10.5 Å². The molecule has 5 heteroatoms. The molecule has 3 saturated heterocycles. The van der Waals surface area contributed by atoms with Crippen molar-refractivity contribution in [3.05, 3.63) is 65.7 Å². The summed E-state index contributed by atoms with van der Waals surface area (Å²) in [6.45, 7) is 3.32. The fraction of sp³-hybridized carbons (Fsp3) is 0.391. The lowest BCUT2D eigenvalue weighted by Crippen LogP contribution is -2.64. The number of amides is 1. The van der Waals surface area contributed by atoms with Gasteiger partial charge in [0.05, 0.1) is 13.1 Å². The van der Waals surface area contributed by atoms with Gasteiger partial charge in [-0.05, 0) is 23.6 Å². The van der Waals surface area contributed by atoms with Crippen molar-refractivity contribution in [3.8, 4) is 6.07 Å². The molecule has 1 N–H and O–H groups in total. The quantitative estimate of drug-likeness (QED) is 0.635. The largest absolute Gasteiger partial charge is 0.440 e. The predicted octanol–water partition coefficient (Wildman–Crippen LogP) is 3.96. The van der Waals surface area contributed by atoms with Gasteiger partial charge in [-0.15, -0.1) is 0 Å². The molecule has 3 heterocycles. The maximum Gasteiger partial charge on any atom is 0.412 e. The monoisotopic (exact) mass is 376 g/mol. The summed E-state index contributed by atoms with van der Waals surface area (Å²) in [6, 6.07) is 20.4. The number of anilines is 1. The number of carbonyl (C=O) groups is 1. The number of hydrogen-bond acceptors (Lipinski definition) is 3. The Morgan fingerprint density at radius 3 is 2.57 bits per heavy atom. The van der Waals surface area contributed by atoms with E-state index in [1.807, 2.05) is 42.5 Å². The summed E-state index contributed by atoms with van der Waals surface area (Å²) < 4.78 is 6.60. The van der Waals surface area contributed by atoms with Crippen molar-refractivity contribution in [2.45, 2.75) is 25.4 Å². The van der Waals surface area contributed by atoms with Gasteiger partial charge < -0.3 is 9.22 Å². The number of carbonyl (C=O) groups excluding carboxylic acids is 1. The highest BCUT2D eigenvalue weighted by atomic mass is 16.6. The molecular weight excluding hydrogens is 350 g/mol. The van der Waals surface area contributed by atoms with Crippen molar-refractivity contribution in [3.63, 3.8) is 0 Å². The van der Waals surface area contributed by atoms with Crippen LogP contribution in [0.2, 0.25) is 0 Å². The molecule has 144 valence electrons. The van der Waals surface area contributed by atoms with Gasteiger partial charge in [0.15, 0.2) is 12.6 Å². The van der Waals surface area contributed by atoms with Gasteiger partial charge in [0.1, 0.15) is 12.6 Å². The van der Waals surface area contributed by atoms with E-state index in [1.54, 1.807) is 0 Å². The zero-order chi connectivity index (χ0) is 19.4. The Labute approximate surface area is 166 Å². The Morgan fingerprint density at radius 2 is 1.82 bits per heavy atom. The van der Waals surface area contributed by atoms with Crippen molar-refractivity contribution < 1.29 is 14.0 Å². The minimum atomic E-state index is -0.394. The van der Waals surface area contributed by atoms with Crippen LogP contribution in [0.25, 0.3) is 0 Å². The fourth-order valence-electron chi connectivity index (χ4n) is 4.62. The van der Waals surface area contributed by atoms with Crippen LogP contribution in [0.15, 0.2) is 54.6 Å². The molecule has 2 bridgehead atoms. The van der Waals surface area contributed by atoms with Gasteiger partial charge >= 0.3 is 6.09 Å². The highest BCUT2D eigenvalue weighted by Crippen LogP contribution is 2.35. The zero-order valence-corrected chi connectivity index (χ0v) is 16.0. The molecule has 3 aliphatic rings. The molecule has 2 aromatic rings. The molecule has 0 aromatic heterocycles. The lowest BCUT2D eigenvalue weighted by molar-refractivity contribution is -0.940. The van der Waals surface area contributed by atoms with Gasteiger partial charge in [0, 0.05) is 24.4 Å². The van der Waals surface area contributed by atoms with Crippen LogP contribution >= 0.6 is 0 Å². The van der Waals surface area contributed by atoms with Crippen molar-refractivity contribution in [2.24, 2.45) is 5.92 Å². The standard InChI is InChI=1S/C23H25N3O2/c24-12-15-26-13-10-19(11-14-26)22(17-26)28-23(27)25-21-9-5-4-8-20(21)16-18-6-2-1-3-7-18/h1-9,19,22H,10-11,13-17H2/p+1. The number of hydrogen-bond donors (Lipinski definition) is 1. The average molecular weight is 376 g/mol. The summed E-state index contributed by atoms with van der Waals surface area (Å²) in [5.41, 5.74) is 3.05. The van der Waals surface area contributed by atoms with Crippen LogP contribution in [-0.4, -0.2) is 42.9 Å². The normalized spacial score (nSPS) is 25.7. The molecule has 0 radical (unpaired) electrons. The number of rotatable bonds is 5. The molecule has 3 aliphatic heterocycles. The summed E-state index contributed by atoms with van der Waals surface area (Å²) in [7, 11) is 0. The maximum absolute atomic E-state index is 12.6. The molecule has 2 aromatic carbocycles. The molecule has 0 spiro atoms. The van der Waals surface area contributed by atoms with Crippen molar-refractivity contribution >= 4 is 11.8 Å². The van der Waals surface area contributed by atoms with Gasteiger partial charge in [-0.1, -0.05) is 48.5 Å². The Kier molecular flexibility index (Phi) is 5.31. The van der Waals surface area contributed by atoms with E-state index in [1.165, 1.54) is 5.56 Å². The van der Waals surface area contributed by atoms with Gasteiger partial charge in [0.25, 0.3) is 0 Å². The van der Waals surface area contributed by atoms with E-state index >= 15 is 0 Å². The number of fused-ring (bicyclic) bond motifs is 3. The van der Waals surface area contributed by atoms with E-state index in [4.69, 9.17) is 10.00 Å². The number of ether oxygens (including phenoxy) is 1. The molecule has 28 heavy (non-hydrogen) atoms. The minimum Gasteiger partial charge on any atom is -0.440 e. The minimum absolute atomic E-state index is 0.0999. The van der Waals surface area contributed by atoms with Gasteiger partial charge in [0.2, 0.25) is 0 Å². The Morgan fingerprint density at radius 1 is 1.11 bits per heavy atom. The first-order valence-corrected chi connectivity index (χ1v) is 9.99. The first kappa shape index (κ1) is 18.5. The van der Waals surface area contributed by atoms with Gasteiger partial charge in [-0.25, -0.2) is 4.79 Å². The summed E-state index contributed by atoms with van der Waals surface area (Å²) in [5, 5.41) is 12.1. The number of piperidine rings is 3. The first-order valence-electron chi connectivity index (χ1n) is 9.99. The van der Waals surface area contributed by atoms with Crippen LogP contribution < -0.4 is 5.32 Å². The predicted molar refractivity (Wildman–Crippen MR) is 108 cm³/mol. The highest BCUT2D eigenvalue weighted by molar-refractivity contribution is 5.85. The molecule has 1 atom stereocenters. The third-order valence-corrected chi connectivity index (χ3v) is 6.20. The topological polar surface area (TPSA) is 62.1 Å². The number of quaternary nitrogens is 1. The van der Waals surface area contributed by atoms with Crippen LogP contribution in [0, 0.1) is 17.2 Å². The molecule has 1 unspecified atom stereocenters. The molecule has 0 aliphatic carbocycles. The smallest absolute Gasteiger partial charge is 0.412 e. The fourth-order valence-corrected chi connectivity index (χ4v) is 4.62. The van der Waals surface area contributed by atoms with E-state index < -0.39 is 6.09 Å². The van der Waals surface area contributed by atoms with Crippen LogP contribution in [0.5, 0.6) is 0 Å². The Bertz CT molecular complexity index is 867. The Hall–Kier alpha value is -2.84. The second kappa shape index (κ2) is 8.04. The van der Waals surface area contributed by atoms with E-state index in [0.29, 0.717) is 12.5 Å². The third-order valence-electron chi connectivity index (χ3n) is 6.20. The lowest BCUT2D eigenvalue weighted by Gasteiger charge is -2.50. The van der Waals surface area contributed by atoms with E-state index in [-0.39, 0.29) is 6.10 Å². The molecular formula is C23H26N3O2+. The average Bonchev–Trinajstić information content (AvgIpc) is 2.71. The lowest BCUT2D eigenvalue weighted by atomic mass is 9.83. The Balaban J connectivity index is 1.41. The maximum atomic E-state index is 12.6. The third kappa shape index (κ3) is 4.02. The molecule has 0 saturated carbocycles. The SMILES string of the molecule is N#CC[N+]12CCC(CC1)C(OC(=O)Nc1ccccc1Cc1ccccc1)C2. The van der Waals surface area contributed by atoms with E-state index in [9.17, 15) is 4.79 Å². The summed E-state index contributed by atoms with van der Waals surface area (Å²) in [5.74, 6) is 0.420. The number of benzene rings is 2.